The molecule has 144 valence electrons. The number of unbranched alkanes of at least 4 members (excludes halogenated alkanes) is 4. The number of benzene rings is 1. The summed E-state index contributed by atoms with van der Waals surface area (Å²) in [5.74, 6) is 0.389. The lowest BCUT2D eigenvalue weighted by atomic mass is 9.96. The number of hydrogen-bond donors (Lipinski definition) is 2. The number of carbonyl (C=O) groups is 1. The van der Waals surface area contributed by atoms with Crippen molar-refractivity contribution in [2.75, 3.05) is 11.9 Å². The van der Waals surface area contributed by atoms with Gasteiger partial charge >= 0.3 is 5.97 Å². The van der Waals surface area contributed by atoms with Gasteiger partial charge in [0.25, 0.3) is 0 Å². The number of hydrogen-bond acceptors (Lipinski definition) is 6. The Morgan fingerprint density at radius 2 is 1.96 bits per heavy atom. The van der Waals surface area contributed by atoms with Crippen molar-refractivity contribution < 1.29 is 14.6 Å². The van der Waals surface area contributed by atoms with Gasteiger partial charge < -0.3 is 15.2 Å². The van der Waals surface area contributed by atoms with E-state index in [1.807, 2.05) is 6.92 Å². The van der Waals surface area contributed by atoms with Crippen molar-refractivity contribution in [1.82, 2.24) is 14.8 Å². The van der Waals surface area contributed by atoms with Crippen molar-refractivity contribution in [3.8, 4) is 5.75 Å². The predicted octanol–water partition coefficient (Wildman–Crippen LogP) is 3.79. The average molecular weight is 370 g/mol. The molecule has 7 nitrogen and oxygen atoms in total. The molecule has 0 unspecified atom stereocenters. The highest BCUT2D eigenvalue weighted by Crippen LogP contribution is 2.35. The second-order valence-electron chi connectivity index (χ2n) is 6.74. The molecule has 0 bridgehead atoms. The molecule has 1 aromatic heterocycles. The molecule has 0 radical (unpaired) electrons. The normalized spacial score (nSPS) is 16.0. The highest BCUT2D eigenvalue weighted by molar-refractivity contribution is 5.92. The summed E-state index contributed by atoms with van der Waals surface area (Å²) in [6.07, 6.45) is 6.93. The van der Waals surface area contributed by atoms with Gasteiger partial charge in [0.2, 0.25) is 5.95 Å². The van der Waals surface area contributed by atoms with Gasteiger partial charge in [0.05, 0.1) is 12.2 Å². The van der Waals surface area contributed by atoms with Crippen LogP contribution in [0, 0.1) is 0 Å². The molecule has 27 heavy (non-hydrogen) atoms. The zero-order valence-electron chi connectivity index (χ0n) is 15.8. The zero-order chi connectivity index (χ0) is 19.2. The average Bonchev–Trinajstić information content (AvgIpc) is 3.12. The second kappa shape index (κ2) is 8.70. The van der Waals surface area contributed by atoms with E-state index in [1.165, 1.54) is 19.2 Å². The SMILES string of the molecule is CCCCCCCOC(=O)C1=C(C)Nc2ncnn2[C@@H]1c1ccc(O)cc1. The molecule has 3 rings (SSSR count). The van der Waals surface area contributed by atoms with Crippen molar-refractivity contribution in [3.63, 3.8) is 0 Å². The molecule has 1 aliphatic rings. The Labute approximate surface area is 159 Å². The number of phenolic OH excluding ortho intramolecular Hbond substituents is 1. The fourth-order valence-electron chi connectivity index (χ4n) is 3.27. The van der Waals surface area contributed by atoms with Crippen molar-refractivity contribution in [1.29, 1.82) is 0 Å². The Hall–Kier alpha value is -2.83. The maximum absolute atomic E-state index is 12.8. The molecule has 0 spiro atoms. The topological polar surface area (TPSA) is 89.3 Å². The summed E-state index contributed by atoms with van der Waals surface area (Å²) >= 11 is 0. The monoisotopic (exact) mass is 370 g/mol. The van der Waals surface area contributed by atoms with E-state index in [0.29, 0.717) is 23.8 Å². The van der Waals surface area contributed by atoms with E-state index >= 15 is 0 Å². The fourth-order valence-corrected chi connectivity index (χ4v) is 3.27. The number of esters is 1. The molecule has 1 aliphatic heterocycles. The summed E-state index contributed by atoms with van der Waals surface area (Å²) in [5, 5.41) is 17.0. The molecule has 1 aromatic carbocycles. The summed E-state index contributed by atoms with van der Waals surface area (Å²) in [6, 6.07) is 6.31. The van der Waals surface area contributed by atoms with Gasteiger partial charge in [-0.2, -0.15) is 10.1 Å². The third-order valence-corrected chi connectivity index (χ3v) is 4.70. The summed E-state index contributed by atoms with van der Waals surface area (Å²) < 4.78 is 7.22. The molecule has 0 aliphatic carbocycles. The Bertz CT molecular complexity index is 811. The number of rotatable bonds is 8. The van der Waals surface area contributed by atoms with Crippen molar-refractivity contribution in [2.45, 2.75) is 52.0 Å². The number of allylic oxidation sites excluding steroid dienone is 1. The lowest BCUT2D eigenvalue weighted by molar-refractivity contribution is -0.139. The first kappa shape index (κ1) is 18.9. The van der Waals surface area contributed by atoms with Gasteiger partial charge in [-0.15, -0.1) is 0 Å². The first-order valence-electron chi connectivity index (χ1n) is 9.45. The van der Waals surface area contributed by atoms with Crippen LogP contribution >= 0.6 is 0 Å². The van der Waals surface area contributed by atoms with Crippen LogP contribution in [0.2, 0.25) is 0 Å². The molecule has 2 heterocycles. The molecule has 0 saturated heterocycles. The number of nitrogens with zero attached hydrogens (tertiary/aromatic N) is 3. The van der Waals surface area contributed by atoms with E-state index < -0.39 is 6.04 Å². The van der Waals surface area contributed by atoms with Gasteiger partial charge in [0.15, 0.2) is 0 Å². The summed E-state index contributed by atoms with van der Waals surface area (Å²) in [6.45, 7) is 4.42. The van der Waals surface area contributed by atoms with E-state index in [0.717, 1.165) is 24.8 Å². The van der Waals surface area contributed by atoms with Gasteiger partial charge in [0.1, 0.15) is 18.1 Å². The van der Waals surface area contributed by atoms with Gasteiger partial charge in [-0.05, 0) is 31.0 Å². The van der Waals surface area contributed by atoms with E-state index in [2.05, 4.69) is 22.3 Å². The van der Waals surface area contributed by atoms with E-state index in [9.17, 15) is 9.90 Å². The molecular formula is C20H26N4O3. The Morgan fingerprint density at radius 3 is 2.70 bits per heavy atom. The van der Waals surface area contributed by atoms with E-state index in [4.69, 9.17) is 4.74 Å². The highest BCUT2D eigenvalue weighted by Gasteiger charge is 2.34. The molecule has 0 saturated carbocycles. The van der Waals surface area contributed by atoms with Gasteiger partial charge in [-0.1, -0.05) is 44.7 Å². The van der Waals surface area contributed by atoms with Crippen LogP contribution in [0.4, 0.5) is 5.95 Å². The molecule has 2 N–H and O–H groups in total. The minimum absolute atomic E-state index is 0.170. The lowest BCUT2D eigenvalue weighted by Gasteiger charge is -2.28. The quantitative estimate of drug-likeness (QED) is 0.543. The molecule has 2 aromatic rings. The minimum atomic E-state index is -0.447. The number of aromatic hydroxyl groups is 1. The number of carbonyl (C=O) groups excluding carboxylic acids is 1. The van der Waals surface area contributed by atoms with Crippen LogP contribution in [0.25, 0.3) is 0 Å². The Kier molecular flexibility index (Phi) is 6.11. The number of fused-ring (bicyclic) bond motifs is 1. The van der Waals surface area contributed by atoms with Crippen LogP contribution in [-0.4, -0.2) is 32.4 Å². The number of aromatic nitrogens is 3. The van der Waals surface area contributed by atoms with Gasteiger partial charge in [-0.3, -0.25) is 0 Å². The van der Waals surface area contributed by atoms with Crippen LogP contribution in [0.15, 0.2) is 41.9 Å². The zero-order valence-corrected chi connectivity index (χ0v) is 15.8. The molecule has 1 atom stereocenters. The van der Waals surface area contributed by atoms with Crippen LogP contribution < -0.4 is 5.32 Å². The summed E-state index contributed by atoms with van der Waals surface area (Å²) in [4.78, 5) is 17.1. The van der Waals surface area contributed by atoms with E-state index in [1.54, 1.807) is 28.9 Å². The molecule has 7 heteroatoms. The molecule has 0 fully saturated rings. The number of nitrogens with one attached hydrogen (secondary N) is 1. The number of anilines is 1. The largest absolute Gasteiger partial charge is 0.508 e. The van der Waals surface area contributed by atoms with E-state index in [-0.39, 0.29) is 11.7 Å². The highest BCUT2D eigenvalue weighted by atomic mass is 16.5. The maximum Gasteiger partial charge on any atom is 0.338 e. The van der Waals surface area contributed by atoms with Crippen molar-refractivity contribution in [2.24, 2.45) is 0 Å². The summed E-state index contributed by atoms with van der Waals surface area (Å²) in [5.41, 5.74) is 2.03. The second-order valence-corrected chi connectivity index (χ2v) is 6.74. The smallest absolute Gasteiger partial charge is 0.338 e. The first-order chi connectivity index (χ1) is 13.1. The number of ether oxygens (including phenoxy) is 1. The number of phenols is 1. The lowest BCUT2D eigenvalue weighted by Crippen LogP contribution is -2.29. The predicted molar refractivity (Wildman–Crippen MR) is 102 cm³/mol. The third-order valence-electron chi connectivity index (χ3n) is 4.70. The van der Waals surface area contributed by atoms with Crippen LogP contribution in [-0.2, 0) is 9.53 Å². The van der Waals surface area contributed by atoms with Crippen LogP contribution in [0.3, 0.4) is 0 Å². The maximum atomic E-state index is 12.8. The Morgan fingerprint density at radius 1 is 1.22 bits per heavy atom. The summed E-state index contributed by atoms with van der Waals surface area (Å²) in [7, 11) is 0. The van der Waals surface area contributed by atoms with Crippen LogP contribution in [0.1, 0.15) is 57.6 Å². The van der Waals surface area contributed by atoms with Crippen molar-refractivity contribution in [3.05, 3.63) is 47.4 Å². The van der Waals surface area contributed by atoms with Gasteiger partial charge in [0, 0.05) is 5.70 Å². The molecular weight excluding hydrogens is 344 g/mol. The standard InChI is InChI=1S/C20H26N4O3/c1-3-4-5-6-7-12-27-19(26)17-14(2)23-20-21-13-22-24(20)18(17)15-8-10-16(25)11-9-15/h8-11,13,18,25H,3-7,12H2,1-2H3,(H,21,22,23)/t18-/m1/s1. The Balaban J connectivity index is 1.78. The van der Waals surface area contributed by atoms with Crippen LogP contribution in [0.5, 0.6) is 5.75 Å². The van der Waals surface area contributed by atoms with Crippen molar-refractivity contribution >= 4 is 11.9 Å². The molecule has 0 amide bonds. The first-order valence-corrected chi connectivity index (χ1v) is 9.45. The minimum Gasteiger partial charge on any atom is -0.508 e. The third kappa shape index (κ3) is 4.30. The van der Waals surface area contributed by atoms with Gasteiger partial charge in [-0.25, -0.2) is 9.48 Å². The fraction of sp³-hybridized carbons (Fsp3) is 0.450.